The van der Waals surface area contributed by atoms with E-state index in [1.807, 2.05) is 0 Å². The van der Waals surface area contributed by atoms with Gasteiger partial charge in [-0.3, -0.25) is 4.79 Å². The Kier molecular flexibility index (Phi) is 3.56. The molecule has 0 amide bonds. The van der Waals surface area contributed by atoms with Crippen LogP contribution >= 0.6 is 0 Å². The number of H-pyrrole nitrogens is 1. The van der Waals surface area contributed by atoms with Crippen molar-refractivity contribution in [1.29, 1.82) is 0 Å². The second-order valence-electron chi connectivity index (χ2n) is 4.35. The van der Waals surface area contributed by atoms with Crippen LogP contribution in [0.3, 0.4) is 0 Å². The highest BCUT2D eigenvalue weighted by Gasteiger charge is 2.18. The van der Waals surface area contributed by atoms with Crippen LogP contribution in [0.1, 0.15) is 25.7 Å². The first-order valence-electron chi connectivity index (χ1n) is 5.70. The zero-order valence-electron chi connectivity index (χ0n) is 9.15. The number of aliphatic hydroxyl groups excluding tert-OH is 1. The van der Waals surface area contributed by atoms with Gasteiger partial charge in [0.15, 0.2) is 0 Å². The molecule has 0 aromatic carbocycles. The summed E-state index contributed by atoms with van der Waals surface area (Å²) >= 11 is 0. The second kappa shape index (κ2) is 5.12. The summed E-state index contributed by atoms with van der Waals surface area (Å²) in [6.45, 7) is 0.823. The van der Waals surface area contributed by atoms with Crippen LogP contribution in [-0.2, 0) is 0 Å². The lowest BCUT2D eigenvalue weighted by Gasteiger charge is -2.25. The Balaban J connectivity index is 1.81. The largest absolute Gasteiger partial charge is 0.393 e. The van der Waals surface area contributed by atoms with Crippen LogP contribution in [0.25, 0.3) is 0 Å². The van der Waals surface area contributed by atoms with Crippen LogP contribution in [0.2, 0.25) is 0 Å². The fourth-order valence-electron chi connectivity index (χ4n) is 2.06. The standard InChI is InChI=1S/C11H17N3O2/c15-9-3-1-8(2-4-9)6-12-10-5-11(16)14-7-13-10/h5,7-9,15H,1-4,6H2,(H2,12,13,14,16). The normalized spacial score (nSPS) is 25.3. The van der Waals surface area contributed by atoms with Gasteiger partial charge in [0.2, 0.25) is 0 Å². The van der Waals surface area contributed by atoms with Crippen molar-refractivity contribution in [3.63, 3.8) is 0 Å². The highest BCUT2D eigenvalue weighted by molar-refractivity contribution is 5.31. The predicted molar refractivity (Wildman–Crippen MR) is 61.3 cm³/mol. The molecule has 0 unspecified atom stereocenters. The number of aliphatic hydroxyl groups is 1. The van der Waals surface area contributed by atoms with Gasteiger partial charge in [-0.05, 0) is 31.6 Å². The molecule has 1 aromatic heterocycles. The molecule has 0 spiro atoms. The first kappa shape index (κ1) is 11.1. The van der Waals surface area contributed by atoms with E-state index in [9.17, 15) is 9.90 Å². The smallest absolute Gasteiger partial charge is 0.252 e. The van der Waals surface area contributed by atoms with Crippen molar-refractivity contribution < 1.29 is 5.11 Å². The van der Waals surface area contributed by atoms with Gasteiger partial charge in [0.1, 0.15) is 5.82 Å². The van der Waals surface area contributed by atoms with Crippen molar-refractivity contribution in [2.45, 2.75) is 31.8 Å². The minimum Gasteiger partial charge on any atom is -0.393 e. The first-order valence-corrected chi connectivity index (χ1v) is 5.70. The molecule has 88 valence electrons. The molecule has 1 fully saturated rings. The van der Waals surface area contributed by atoms with E-state index in [1.54, 1.807) is 0 Å². The predicted octanol–water partition coefficient (Wildman–Crippen LogP) is 0.733. The molecule has 5 nitrogen and oxygen atoms in total. The Hall–Kier alpha value is -1.36. The highest BCUT2D eigenvalue weighted by atomic mass is 16.3. The Morgan fingerprint density at radius 3 is 2.88 bits per heavy atom. The maximum Gasteiger partial charge on any atom is 0.252 e. The molecule has 16 heavy (non-hydrogen) atoms. The third-order valence-corrected chi connectivity index (χ3v) is 3.07. The molecule has 1 aliphatic rings. The molecule has 2 rings (SSSR count). The second-order valence-corrected chi connectivity index (χ2v) is 4.35. The van der Waals surface area contributed by atoms with Crippen LogP contribution in [0.5, 0.6) is 0 Å². The van der Waals surface area contributed by atoms with E-state index >= 15 is 0 Å². The molecule has 1 heterocycles. The van der Waals surface area contributed by atoms with E-state index in [2.05, 4.69) is 15.3 Å². The number of nitrogens with zero attached hydrogens (tertiary/aromatic N) is 1. The van der Waals surface area contributed by atoms with E-state index in [1.165, 1.54) is 12.4 Å². The van der Waals surface area contributed by atoms with Gasteiger partial charge in [0.05, 0.1) is 12.4 Å². The number of hydrogen-bond acceptors (Lipinski definition) is 4. The third-order valence-electron chi connectivity index (χ3n) is 3.07. The number of anilines is 1. The molecule has 5 heteroatoms. The highest BCUT2D eigenvalue weighted by Crippen LogP contribution is 2.24. The van der Waals surface area contributed by atoms with Gasteiger partial charge in [-0.25, -0.2) is 4.98 Å². The molecule has 0 saturated heterocycles. The molecule has 1 aromatic rings. The lowest BCUT2D eigenvalue weighted by Crippen LogP contribution is -2.24. The zero-order chi connectivity index (χ0) is 11.4. The molecule has 0 bridgehead atoms. The summed E-state index contributed by atoms with van der Waals surface area (Å²) in [5.41, 5.74) is -0.142. The third kappa shape index (κ3) is 3.06. The van der Waals surface area contributed by atoms with Gasteiger partial charge in [0.25, 0.3) is 5.56 Å². The minimum absolute atomic E-state index is 0.117. The lowest BCUT2D eigenvalue weighted by molar-refractivity contribution is 0.111. The van der Waals surface area contributed by atoms with Gasteiger partial charge in [-0.2, -0.15) is 0 Å². The van der Waals surface area contributed by atoms with Crippen molar-refractivity contribution in [2.24, 2.45) is 5.92 Å². The van der Waals surface area contributed by atoms with E-state index < -0.39 is 0 Å². The lowest BCUT2D eigenvalue weighted by atomic mass is 9.87. The quantitative estimate of drug-likeness (QED) is 0.706. The summed E-state index contributed by atoms with van der Waals surface area (Å²) in [7, 11) is 0. The van der Waals surface area contributed by atoms with Gasteiger partial charge in [-0.15, -0.1) is 0 Å². The molecule has 3 N–H and O–H groups in total. The Labute approximate surface area is 93.9 Å². The van der Waals surface area contributed by atoms with Crippen LogP contribution in [-0.4, -0.2) is 27.7 Å². The molecule has 0 aliphatic heterocycles. The number of aromatic amines is 1. The van der Waals surface area contributed by atoms with E-state index in [4.69, 9.17) is 0 Å². The van der Waals surface area contributed by atoms with Crippen molar-refractivity contribution in [1.82, 2.24) is 9.97 Å². The van der Waals surface area contributed by atoms with Crippen LogP contribution in [0.15, 0.2) is 17.2 Å². The van der Waals surface area contributed by atoms with Crippen molar-refractivity contribution in [3.8, 4) is 0 Å². The summed E-state index contributed by atoms with van der Waals surface area (Å²) in [5.74, 6) is 1.19. The topological polar surface area (TPSA) is 78.0 Å². The first-order chi connectivity index (χ1) is 7.74. The van der Waals surface area contributed by atoms with E-state index in [-0.39, 0.29) is 11.7 Å². The maximum atomic E-state index is 11.0. The summed E-state index contributed by atoms with van der Waals surface area (Å²) < 4.78 is 0. The summed E-state index contributed by atoms with van der Waals surface area (Å²) in [5, 5.41) is 12.5. The molecular formula is C11H17N3O2. The fraction of sp³-hybridized carbons (Fsp3) is 0.636. The average molecular weight is 223 g/mol. The van der Waals surface area contributed by atoms with Crippen molar-refractivity contribution >= 4 is 5.82 Å². The molecule has 1 aliphatic carbocycles. The van der Waals surface area contributed by atoms with Crippen LogP contribution < -0.4 is 10.9 Å². The summed E-state index contributed by atoms with van der Waals surface area (Å²) in [6.07, 6.45) is 5.13. The summed E-state index contributed by atoms with van der Waals surface area (Å²) in [4.78, 5) is 17.5. The minimum atomic E-state index is -0.142. The summed E-state index contributed by atoms with van der Waals surface area (Å²) in [6, 6.07) is 1.46. The monoisotopic (exact) mass is 223 g/mol. The van der Waals surface area contributed by atoms with Crippen molar-refractivity contribution in [3.05, 3.63) is 22.7 Å². The zero-order valence-corrected chi connectivity index (χ0v) is 9.15. The van der Waals surface area contributed by atoms with Gasteiger partial charge in [0, 0.05) is 12.6 Å². The Morgan fingerprint density at radius 1 is 1.44 bits per heavy atom. The van der Waals surface area contributed by atoms with Gasteiger partial charge < -0.3 is 15.4 Å². The van der Waals surface area contributed by atoms with E-state index in [0.717, 1.165) is 32.2 Å². The fourth-order valence-corrected chi connectivity index (χ4v) is 2.06. The molecule has 0 radical (unpaired) electrons. The molecular weight excluding hydrogens is 206 g/mol. The number of nitrogens with one attached hydrogen (secondary N) is 2. The number of rotatable bonds is 3. The Bertz CT molecular complexity index is 383. The number of hydrogen-bond donors (Lipinski definition) is 3. The van der Waals surface area contributed by atoms with Crippen molar-refractivity contribution in [2.75, 3.05) is 11.9 Å². The Morgan fingerprint density at radius 2 is 2.19 bits per heavy atom. The van der Waals surface area contributed by atoms with Gasteiger partial charge >= 0.3 is 0 Å². The molecule has 1 saturated carbocycles. The average Bonchev–Trinajstić information content (AvgIpc) is 2.28. The van der Waals surface area contributed by atoms with E-state index in [0.29, 0.717) is 11.7 Å². The number of aromatic nitrogens is 2. The SMILES string of the molecule is O=c1cc(NCC2CCC(O)CC2)nc[nH]1. The molecule has 0 atom stereocenters. The maximum absolute atomic E-state index is 11.0. The van der Waals surface area contributed by atoms with Crippen LogP contribution in [0.4, 0.5) is 5.82 Å². The van der Waals surface area contributed by atoms with Gasteiger partial charge in [-0.1, -0.05) is 0 Å². The van der Waals surface area contributed by atoms with Crippen LogP contribution in [0, 0.1) is 5.92 Å².